The van der Waals surface area contributed by atoms with E-state index in [-0.39, 0.29) is 0 Å². The number of hydrogen-bond donors (Lipinski definition) is 0. The Labute approximate surface area is 97.3 Å². The van der Waals surface area contributed by atoms with Crippen LogP contribution in [0.4, 0.5) is 0 Å². The fraction of sp³-hybridized carbons (Fsp3) is 0.0833. The molecule has 3 heteroatoms. The molecule has 2 aromatic rings. The molecule has 2 aromatic carbocycles. The van der Waals surface area contributed by atoms with E-state index in [1.807, 2.05) is 24.3 Å². The summed E-state index contributed by atoms with van der Waals surface area (Å²) in [6.45, 7) is 0. The van der Waals surface area contributed by atoms with Gasteiger partial charge in [0, 0.05) is 0 Å². The van der Waals surface area contributed by atoms with E-state index < -0.39 is 0 Å². The summed E-state index contributed by atoms with van der Waals surface area (Å²) in [6, 6.07) is 14.3. The van der Waals surface area contributed by atoms with Crippen molar-refractivity contribution < 1.29 is 4.74 Å². The van der Waals surface area contributed by atoms with Crippen LogP contribution in [0.2, 0.25) is 0 Å². The molecule has 0 aliphatic rings. The zero-order chi connectivity index (χ0) is 11.1. The van der Waals surface area contributed by atoms with Gasteiger partial charge in [-0.05, 0) is 22.9 Å². The Bertz CT molecular complexity index is 476. The molecule has 2 nitrogen and oxygen atoms in total. The molecule has 0 atom stereocenters. The van der Waals surface area contributed by atoms with Crippen LogP contribution in [0.1, 0.15) is 0 Å². The maximum atomic E-state index is 7.29. The molecule has 76 valence electrons. The predicted molar refractivity (Wildman–Crippen MR) is 63.3 cm³/mol. The van der Waals surface area contributed by atoms with Crippen molar-refractivity contribution in [3.8, 4) is 10.7 Å². The van der Waals surface area contributed by atoms with Gasteiger partial charge >= 0.3 is 26.2 Å². The molecule has 0 aromatic heterocycles. The molecule has 0 unspecified atom stereocenters. The topological polar surface area (TPSA) is 33.0 Å². The number of benzene rings is 2. The van der Waals surface area contributed by atoms with Crippen LogP contribution in [0.5, 0.6) is 5.75 Å². The monoisotopic (exact) mass is 265 g/mol. The first-order chi connectivity index (χ1) is 7.31. The van der Waals surface area contributed by atoms with E-state index in [4.69, 9.17) is 10.00 Å². The standard InChI is InChI=1S/C11H10O.CHNSe/c1-12-11-7-6-9-4-2-3-5-10(9)8-11;2-1-3/h2-8H,1H3;3H. The van der Waals surface area contributed by atoms with E-state index in [1.54, 1.807) is 28.1 Å². The van der Waals surface area contributed by atoms with Gasteiger partial charge in [-0.15, -0.1) is 0 Å². The van der Waals surface area contributed by atoms with Gasteiger partial charge in [-0.25, -0.2) is 0 Å². The van der Waals surface area contributed by atoms with Gasteiger partial charge in [-0.1, -0.05) is 30.3 Å². The molecule has 0 aliphatic heterocycles. The van der Waals surface area contributed by atoms with Crippen molar-refractivity contribution in [3.05, 3.63) is 42.5 Å². The average molecular weight is 264 g/mol. The molecular formula is C12H11NOSe. The second kappa shape index (κ2) is 6.08. The van der Waals surface area contributed by atoms with Crippen LogP contribution in [-0.4, -0.2) is 23.1 Å². The van der Waals surface area contributed by atoms with Crippen molar-refractivity contribution in [2.45, 2.75) is 0 Å². The molecule has 0 heterocycles. The van der Waals surface area contributed by atoms with Crippen molar-refractivity contribution in [1.29, 1.82) is 5.26 Å². The molecule has 0 radical (unpaired) electrons. The van der Waals surface area contributed by atoms with E-state index in [9.17, 15) is 0 Å². The Morgan fingerprint density at radius 2 is 1.73 bits per heavy atom. The minimum absolute atomic E-state index is 0.911. The summed E-state index contributed by atoms with van der Waals surface area (Å²) in [7, 11) is 1.68. The minimum atomic E-state index is 0.911. The fourth-order valence-corrected chi connectivity index (χ4v) is 1.29. The molecule has 0 bridgehead atoms. The molecule has 15 heavy (non-hydrogen) atoms. The summed E-state index contributed by atoms with van der Waals surface area (Å²) in [6.07, 6.45) is 0. The van der Waals surface area contributed by atoms with Crippen molar-refractivity contribution in [3.63, 3.8) is 0 Å². The maximum absolute atomic E-state index is 7.29. The van der Waals surface area contributed by atoms with Crippen molar-refractivity contribution in [2.75, 3.05) is 7.11 Å². The van der Waals surface area contributed by atoms with Gasteiger partial charge in [-0.3, -0.25) is 0 Å². The van der Waals surface area contributed by atoms with E-state index in [0.717, 1.165) is 5.75 Å². The van der Waals surface area contributed by atoms with Crippen molar-refractivity contribution in [2.24, 2.45) is 0 Å². The summed E-state index contributed by atoms with van der Waals surface area (Å²) in [5.74, 6) is 0.911. The quantitative estimate of drug-likeness (QED) is 0.740. The van der Waals surface area contributed by atoms with Crippen LogP contribution in [0, 0.1) is 10.2 Å². The molecule has 0 fully saturated rings. The number of fused-ring (bicyclic) bond motifs is 1. The third-order valence-electron chi connectivity index (χ3n) is 1.96. The van der Waals surface area contributed by atoms with Crippen molar-refractivity contribution >= 4 is 26.8 Å². The van der Waals surface area contributed by atoms with Gasteiger partial charge in [0.25, 0.3) is 0 Å². The first kappa shape index (κ1) is 11.6. The van der Waals surface area contributed by atoms with Crippen LogP contribution < -0.4 is 4.74 Å². The molecular weight excluding hydrogens is 253 g/mol. The van der Waals surface area contributed by atoms with Crippen LogP contribution in [-0.2, 0) is 0 Å². The second-order valence-corrected chi connectivity index (χ2v) is 3.23. The average Bonchev–Trinajstić information content (AvgIpc) is 2.29. The Hall–Kier alpha value is -1.49. The van der Waals surface area contributed by atoms with Crippen LogP contribution in [0.15, 0.2) is 42.5 Å². The Kier molecular flexibility index (Phi) is 4.69. The van der Waals surface area contributed by atoms with E-state index in [2.05, 4.69) is 18.2 Å². The molecule has 0 N–H and O–H groups in total. The number of ether oxygens (including phenoxy) is 1. The van der Waals surface area contributed by atoms with Gasteiger partial charge in [0.1, 0.15) is 5.75 Å². The van der Waals surface area contributed by atoms with Gasteiger partial charge in [-0.2, -0.15) is 0 Å². The number of nitriles is 1. The van der Waals surface area contributed by atoms with Gasteiger partial charge in [0.2, 0.25) is 0 Å². The fourth-order valence-electron chi connectivity index (χ4n) is 1.29. The third kappa shape index (κ3) is 3.28. The zero-order valence-electron chi connectivity index (χ0n) is 8.34. The van der Waals surface area contributed by atoms with Gasteiger partial charge in [0.15, 0.2) is 0 Å². The summed E-state index contributed by atoms with van der Waals surface area (Å²) in [5.41, 5.74) is 0. The Morgan fingerprint density at radius 3 is 2.33 bits per heavy atom. The molecule has 2 rings (SSSR count). The van der Waals surface area contributed by atoms with Gasteiger partial charge < -0.3 is 4.74 Å². The first-order valence-corrected chi connectivity index (χ1v) is 5.31. The Balaban J connectivity index is 0.000000337. The molecule has 0 aliphatic carbocycles. The third-order valence-corrected chi connectivity index (χ3v) is 1.96. The summed E-state index contributed by atoms with van der Waals surface area (Å²) in [4.78, 5) is 1.69. The van der Waals surface area contributed by atoms with Gasteiger partial charge in [0.05, 0.1) is 7.11 Å². The first-order valence-electron chi connectivity index (χ1n) is 4.37. The van der Waals surface area contributed by atoms with Crippen LogP contribution in [0.3, 0.4) is 0 Å². The number of nitrogens with zero attached hydrogens (tertiary/aromatic N) is 1. The molecule has 0 spiro atoms. The van der Waals surface area contributed by atoms with Crippen LogP contribution in [0.25, 0.3) is 10.8 Å². The van der Waals surface area contributed by atoms with E-state index in [0.29, 0.717) is 0 Å². The summed E-state index contributed by atoms with van der Waals surface area (Å²) in [5, 5.41) is 9.76. The van der Waals surface area contributed by atoms with Crippen LogP contribution >= 0.6 is 0 Å². The zero-order valence-corrected chi connectivity index (χ0v) is 10.2. The summed E-state index contributed by atoms with van der Waals surface area (Å²) < 4.78 is 5.12. The molecule has 0 saturated heterocycles. The predicted octanol–water partition coefficient (Wildman–Crippen LogP) is 2.22. The molecule has 0 saturated carbocycles. The Morgan fingerprint density at radius 1 is 1.13 bits per heavy atom. The SMILES string of the molecule is COc1ccc2ccccc2c1.N#C[SeH]. The number of rotatable bonds is 1. The van der Waals surface area contributed by atoms with E-state index >= 15 is 0 Å². The molecule has 0 amide bonds. The number of methoxy groups -OCH3 is 1. The second-order valence-electron chi connectivity index (χ2n) is 2.81. The number of hydrogen-bond acceptors (Lipinski definition) is 2. The normalized spacial score (nSPS) is 8.60. The summed E-state index contributed by atoms with van der Waals surface area (Å²) >= 11 is 1.77. The van der Waals surface area contributed by atoms with Crippen molar-refractivity contribution in [1.82, 2.24) is 0 Å². The van der Waals surface area contributed by atoms with E-state index in [1.165, 1.54) is 10.8 Å².